The number of carbonyl (C=O) groups excluding carboxylic acids is 1. The first-order valence-electron chi connectivity index (χ1n) is 13.1. The summed E-state index contributed by atoms with van der Waals surface area (Å²) in [6, 6.07) is 13.6. The second-order valence-corrected chi connectivity index (χ2v) is 13.0. The number of benzene rings is 3. The van der Waals surface area contributed by atoms with Crippen LogP contribution in [0.25, 0.3) is 0 Å². The van der Waals surface area contributed by atoms with E-state index in [1.54, 1.807) is 19.1 Å². The predicted octanol–water partition coefficient (Wildman–Crippen LogP) is 3.91. The van der Waals surface area contributed by atoms with Gasteiger partial charge in [0.15, 0.2) is 11.5 Å². The van der Waals surface area contributed by atoms with E-state index in [1.165, 1.54) is 36.5 Å². The van der Waals surface area contributed by atoms with Gasteiger partial charge in [-0.05, 0) is 74.2 Å². The molecule has 0 fully saturated rings. The number of hydrazone groups is 1. The normalized spacial score (nSPS) is 12.7. The van der Waals surface area contributed by atoms with Crippen LogP contribution < -0.4 is 19.1 Å². The summed E-state index contributed by atoms with van der Waals surface area (Å²) in [6.07, 6.45) is 1.49. The lowest BCUT2D eigenvalue weighted by molar-refractivity contribution is -0.384. The minimum Gasteiger partial charge on any atom is -0.490 e. The molecule has 15 heteroatoms. The molecule has 2 N–H and O–H groups in total. The van der Waals surface area contributed by atoms with Crippen LogP contribution in [0, 0.1) is 23.0 Å². The lowest BCUT2D eigenvalue weighted by atomic mass is 10.0. The number of nitro benzene ring substituents is 1. The van der Waals surface area contributed by atoms with Crippen LogP contribution in [0.4, 0.5) is 5.69 Å². The molecule has 3 aromatic rings. The summed E-state index contributed by atoms with van der Waals surface area (Å²) >= 11 is 0. The Morgan fingerprint density at radius 3 is 2.19 bits per heavy atom. The Hall–Kier alpha value is -4.34. The molecule has 0 spiro atoms. The highest BCUT2D eigenvalue weighted by molar-refractivity contribution is 7.89. The Morgan fingerprint density at radius 2 is 1.60 bits per heavy atom. The van der Waals surface area contributed by atoms with Crippen molar-refractivity contribution in [2.75, 3.05) is 6.61 Å². The highest BCUT2D eigenvalue weighted by atomic mass is 32.2. The summed E-state index contributed by atoms with van der Waals surface area (Å²) < 4.78 is 64.4. The summed E-state index contributed by atoms with van der Waals surface area (Å²) in [5, 5.41) is 14.8. The lowest BCUT2D eigenvalue weighted by Crippen LogP contribution is -2.46. The average molecular weight is 633 g/mol. The molecular formula is C28H32N4O9S2. The smallest absolute Gasteiger partial charge is 0.339 e. The van der Waals surface area contributed by atoms with Crippen LogP contribution in [-0.2, 0) is 24.9 Å². The zero-order chi connectivity index (χ0) is 31.8. The second kappa shape index (κ2) is 14.2. The van der Waals surface area contributed by atoms with Crippen molar-refractivity contribution in [1.29, 1.82) is 0 Å². The Bertz CT molecular complexity index is 1690. The molecule has 0 unspecified atom stereocenters. The third-order valence-electron chi connectivity index (χ3n) is 5.84. The Balaban J connectivity index is 1.75. The van der Waals surface area contributed by atoms with Crippen molar-refractivity contribution in [3.8, 4) is 11.5 Å². The van der Waals surface area contributed by atoms with Gasteiger partial charge in [-0.15, -0.1) is 0 Å². The third kappa shape index (κ3) is 9.33. The largest absolute Gasteiger partial charge is 0.490 e. The number of aryl methyl sites for hydroxylation is 1. The number of ether oxygens (including phenoxy) is 1. The van der Waals surface area contributed by atoms with Gasteiger partial charge in [-0.2, -0.15) is 18.2 Å². The van der Waals surface area contributed by atoms with Gasteiger partial charge in [0.25, 0.3) is 11.6 Å². The minimum atomic E-state index is -4.34. The van der Waals surface area contributed by atoms with Crippen molar-refractivity contribution >= 4 is 38.0 Å². The maximum absolute atomic E-state index is 12.9. The van der Waals surface area contributed by atoms with Gasteiger partial charge in [0.1, 0.15) is 10.9 Å². The molecule has 0 heterocycles. The number of amides is 1. The molecule has 230 valence electrons. The van der Waals surface area contributed by atoms with Crippen molar-refractivity contribution in [3.63, 3.8) is 0 Å². The van der Waals surface area contributed by atoms with Gasteiger partial charge < -0.3 is 8.92 Å². The van der Waals surface area contributed by atoms with E-state index in [0.29, 0.717) is 5.56 Å². The first-order valence-corrected chi connectivity index (χ1v) is 16.0. The maximum Gasteiger partial charge on any atom is 0.339 e. The van der Waals surface area contributed by atoms with Crippen LogP contribution in [0.5, 0.6) is 11.5 Å². The Morgan fingerprint density at radius 1 is 0.977 bits per heavy atom. The molecule has 0 saturated heterocycles. The van der Waals surface area contributed by atoms with Crippen molar-refractivity contribution in [1.82, 2.24) is 10.1 Å². The molecule has 0 bridgehead atoms. The van der Waals surface area contributed by atoms with Crippen molar-refractivity contribution in [2.45, 2.75) is 49.9 Å². The zero-order valence-electron chi connectivity index (χ0n) is 23.9. The molecule has 0 radical (unpaired) electrons. The number of nitrogens with one attached hydrogen (secondary N) is 2. The van der Waals surface area contributed by atoms with E-state index in [0.717, 1.165) is 29.8 Å². The number of hydrogen-bond acceptors (Lipinski definition) is 10. The summed E-state index contributed by atoms with van der Waals surface area (Å²) in [4.78, 5) is 22.9. The fourth-order valence-electron chi connectivity index (χ4n) is 3.74. The minimum absolute atomic E-state index is 0.0102. The second-order valence-electron chi connectivity index (χ2n) is 9.78. The molecule has 1 atom stereocenters. The van der Waals surface area contributed by atoms with Crippen LogP contribution >= 0.6 is 0 Å². The molecule has 1 amide bonds. The molecule has 13 nitrogen and oxygen atoms in total. The van der Waals surface area contributed by atoms with Crippen LogP contribution in [0.15, 0.2) is 81.6 Å². The van der Waals surface area contributed by atoms with Gasteiger partial charge in [0.05, 0.1) is 22.6 Å². The molecule has 0 saturated carbocycles. The lowest BCUT2D eigenvalue weighted by Gasteiger charge is -2.19. The van der Waals surface area contributed by atoms with E-state index in [4.69, 9.17) is 8.92 Å². The SMILES string of the molecule is CCOc1cc(/C=N\NC(=O)[C@H](CC(C)C)NS(=O)(=O)c2ccc(C)cc2)ccc1OS(=O)(=O)c1ccc([N+](=O)[O-])cc1. The topological polar surface area (TPSA) is 183 Å². The molecule has 0 aliphatic carbocycles. The Kier molecular flexibility index (Phi) is 11.0. The van der Waals surface area contributed by atoms with E-state index in [1.807, 2.05) is 20.8 Å². The van der Waals surface area contributed by atoms with Gasteiger partial charge in [0, 0.05) is 12.1 Å². The number of nitro groups is 1. The van der Waals surface area contributed by atoms with Gasteiger partial charge in [-0.1, -0.05) is 31.5 Å². The predicted molar refractivity (Wildman–Crippen MR) is 159 cm³/mol. The number of carbonyl (C=O) groups is 1. The van der Waals surface area contributed by atoms with Crippen molar-refractivity contribution in [2.24, 2.45) is 11.0 Å². The van der Waals surface area contributed by atoms with Crippen molar-refractivity contribution < 1.29 is 35.5 Å². The maximum atomic E-state index is 12.9. The summed E-state index contributed by atoms with van der Waals surface area (Å²) in [5.41, 5.74) is 3.37. The van der Waals surface area contributed by atoms with Crippen molar-refractivity contribution in [3.05, 3.63) is 88.0 Å². The zero-order valence-corrected chi connectivity index (χ0v) is 25.5. The summed E-state index contributed by atoms with van der Waals surface area (Å²) in [7, 11) is -8.32. The monoisotopic (exact) mass is 632 g/mol. The summed E-state index contributed by atoms with van der Waals surface area (Å²) in [5.74, 6) is -0.750. The van der Waals surface area contributed by atoms with E-state index < -0.39 is 37.0 Å². The molecule has 3 rings (SSSR count). The molecule has 3 aromatic carbocycles. The van der Waals surface area contributed by atoms with Crippen LogP contribution in [0.2, 0.25) is 0 Å². The van der Waals surface area contributed by atoms with Crippen LogP contribution in [0.3, 0.4) is 0 Å². The van der Waals surface area contributed by atoms with Gasteiger partial charge in [-0.3, -0.25) is 14.9 Å². The van der Waals surface area contributed by atoms with Crippen LogP contribution in [0.1, 0.15) is 38.3 Å². The van der Waals surface area contributed by atoms with E-state index in [9.17, 15) is 31.7 Å². The quantitative estimate of drug-likeness (QED) is 0.115. The van der Waals surface area contributed by atoms with Gasteiger partial charge in [0.2, 0.25) is 10.0 Å². The van der Waals surface area contributed by atoms with Gasteiger partial charge in [-0.25, -0.2) is 13.8 Å². The summed E-state index contributed by atoms with van der Waals surface area (Å²) in [6.45, 7) is 7.39. The number of hydrogen-bond donors (Lipinski definition) is 2. The third-order valence-corrected chi connectivity index (χ3v) is 8.58. The number of rotatable bonds is 14. The van der Waals surface area contributed by atoms with Gasteiger partial charge >= 0.3 is 10.1 Å². The first-order chi connectivity index (χ1) is 20.2. The van der Waals surface area contributed by atoms with E-state index in [2.05, 4.69) is 15.2 Å². The molecule has 0 aliphatic rings. The number of sulfonamides is 1. The average Bonchev–Trinajstić information content (AvgIpc) is 2.94. The van der Waals surface area contributed by atoms with Crippen LogP contribution in [-0.4, -0.2) is 46.5 Å². The molecule has 0 aromatic heterocycles. The number of non-ortho nitro benzene ring substituents is 1. The number of nitrogens with zero attached hydrogens (tertiary/aromatic N) is 2. The fourth-order valence-corrected chi connectivity index (χ4v) is 5.89. The standard InChI is InChI=1S/C28H32N4O9S2/c1-5-40-27-17-21(8-15-26(27)41-43(38,39)24-13-9-22(10-14-24)32(34)35)18-29-30-28(33)25(16-19(2)3)31-42(36,37)23-11-6-20(4)7-12-23/h6-15,17-19,25,31H,5,16H2,1-4H3,(H,30,33)/b29-18-/t25-/m0/s1. The highest BCUT2D eigenvalue weighted by Crippen LogP contribution is 2.31. The first kappa shape index (κ1) is 33.2. The molecule has 43 heavy (non-hydrogen) atoms. The molecule has 0 aliphatic heterocycles. The Labute approximate surface area is 250 Å². The highest BCUT2D eigenvalue weighted by Gasteiger charge is 2.26. The van der Waals surface area contributed by atoms with E-state index in [-0.39, 0.29) is 45.9 Å². The molecular weight excluding hydrogens is 600 g/mol. The van der Waals surface area contributed by atoms with E-state index >= 15 is 0 Å². The fraction of sp³-hybridized carbons (Fsp3) is 0.286.